The molecule has 6 nitrogen and oxygen atoms in total. The molecule has 2 N–H and O–H groups in total. The van der Waals surface area contributed by atoms with Crippen LogP contribution in [0.25, 0.3) is 32.7 Å². The van der Waals surface area contributed by atoms with E-state index in [1.807, 2.05) is 109 Å². The zero-order chi connectivity index (χ0) is 32.2. The maximum atomic E-state index is 13.1. The fourth-order valence-electron chi connectivity index (χ4n) is 5.66. The number of hydrogen-bond acceptors (Lipinski definition) is 4. The molecule has 0 bridgehead atoms. The minimum atomic E-state index is -0.129. The van der Waals surface area contributed by atoms with E-state index in [0.717, 1.165) is 52.7 Å². The van der Waals surface area contributed by atoms with E-state index in [1.54, 1.807) is 14.2 Å². The van der Waals surface area contributed by atoms with E-state index < -0.39 is 0 Å². The van der Waals surface area contributed by atoms with Gasteiger partial charge in [0, 0.05) is 31.4 Å². The van der Waals surface area contributed by atoms with Gasteiger partial charge in [0.15, 0.2) is 0 Å². The Morgan fingerprint density at radius 3 is 1.30 bits per heavy atom. The van der Waals surface area contributed by atoms with Crippen molar-refractivity contribution in [2.75, 3.05) is 24.9 Å². The van der Waals surface area contributed by atoms with E-state index in [9.17, 15) is 9.59 Å². The Kier molecular flexibility index (Phi) is 9.38. The summed E-state index contributed by atoms with van der Waals surface area (Å²) in [4.78, 5) is 26.1. The fourth-order valence-corrected chi connectivity index (χ4v) is 6.42. The molecule has 0 radical (unpaired) electrons. The van der Waals surface area contributed by atoms with Crippen molar-refractivity contribution in [3.8, 4) is 22.6 Å². The van der Waals surface area contributed by atoms with Gasteiger partial charge in [-0.15, -0.1) is 0 Å². The van der Waals surface area contributed by atoms with Crippen LogP contribution in [0, 0.1) is 0 Å². The number of benzene rings is 6. The summed E-state index contributed by atoms with van der Waals surface area (Å²) in [5, 5.41) is 10.0. The van der Waals surface area contributed by atoms with Crippen LogP contribution in [0.1, 0.15) is 11.1 Å². The Labute approximate surface area is 284 Å². The first kappa shape index (κ1) is 31.3. The molecule has 0 spiro atoms. The molecule has 0 atom stereocenters. The number of amides is 2. The lowest BCUT2D eigenvalue weighted by molar-refractivity contribution is -0.116. The Hall–Kier alpha value is -4.66. The molecule has 0 saturated heterocycles. The predicted octanol–water partition coefficient (Wildman–Crippen LogP) is 9.56. The molecule has 0 aliphatic heterocycles. The van der Waals surface area contributed by atoms with Crippen molar-refractivity contribution in [2.24, 2.45) is 0 Å². The normalized spacial score (nSPS) is 11.0. The standard InChI is InChI=1S/C38H30Br2N2O4/c1-45-35-17-7-25-19-27(39)9-15-31(25)33(35)21-37(43)41-29-11-3-23(4-12-29)24-5-13-30(14-6-24)42-38(44)22-34-32-16-10-28(40)20-26(32)8-18-36(34)46-2/h3-20H,21-22H2,1-2H3,(H,41,43)(H,42,44). The number of rotatable bonds is 9. The topological polar surface area (TPSA) is 76.7 Å². The van der Waals surface area contributed by atoms with Crippen LogP contribution in [0.2, 0.25) is 0 Å². The summed E-state index contributed by atoms with van der Waals surface area (Å²) in [6.45, 7) is 0. The van der Waals surface area contributed by atoms with Crippen molar-refractivity contribution in [3.63, 3.8) is 0 Å². The van der Waals surface area contributed by atoms with Gasteiger partial charge in [-0.2, -0.15) is 0 Å². The van der Waals surface area contributed by atoms with E-state index >= 15 is 0 Å². The molecule has 6 aromatic rings. The van der Waals surface area contributed by atoms with E-state index in [4.69, 9.17) is 9.47 Å². The summed E-state index contributed by atoms with van der Waals surface area (Å²) < 4.78 is 13.1. The second-order valence-corrected chi connectivity index (χ2v) is 12.7. The SMILES string of the molecule is COc1ccc2cc(Br)ccc2c1CC(=O)Nc1ccc(-c2ccc(NC(=O)Cc3c(OC)ccc4cc(Br)ccc34)cc2)cc1. The summed E-state index contributed by atoms with van der Waals surface area (Å²) in [5.41, 5.74) is 5.08. The molecule has 0 aliphatic rings. The highest BCUT2D eigenvalue weighted by Crippen LogP contribution is 2.32. The fraction of sp³-hybridized carbons (Fsp3) is 0.105. The summed E-state index contributed by atoms with van der Waals surface area (Å²) in [7, 11) is 3.23. The maximum Gasteiger partial charge on any atom is 0.228 e. The second kappa shape index (κ2) is 13.8. The number of carbonyl (C=O) groups excluding carboxylic acids is 2. The van der Waals surface area contributed by atoms with Crippen molar-refractivity contribution >= 4 is 76.6 Å². The second-order valence-electron chi connectivity index (χ2n) is 10.8. The Morgan fingerprint density at radius 1 is 0.543 bits per heavy atom. The van der Waals surface area contributed by atoms with Crippen LogP contribution in [0.4, 0.5) is 11.4 Å². The molecule has 6 rings (SSSR count). The van der Waals surface area contributed by atoms with Crippen molar-refractivity contribution in [1.82, 2.24) is 0 Å². The highest BCUT2D eigenvalue weighted by molar-refractivity contribution is 9.10. The van der Waals surface area contributed by atoms with Gasteiger partial charge in [-0.3, -0.25) is 9.59 Å². The van der Waals surface area contributed by atoms with Crippen LogP contribution in [0.15, 0.2) is 118 Å². The number of fused-ring (bicyclic) bond motifs is 2. The van der Waals surface area contributed by atoms with Crippen LogP contribution in [-0.2, 0) is 22.4 Å². The highest BCUT2D eigenvalue weighted by atomic mass is 79.9. The minimum Gasteiger partial charge on any atom is -0.496 e. The molecular formula is C38H30Br2N2O4. The summed E-state index contributed by atoms with van der Waals surface area (Å²) in [6, 6.07) is 35.1. The third kappa shape index (κ3) is 6.93. The van der Waals surface area contributed by atoms with E-state index in [2.05, 4.69) is 42.5 Å². The molecule has 0 heterocycles. The number of nitrogens with one attached hydrogen (secondary N) is 2. The van der Waals surface area contributed by atoms with Gasteiger partial charge in [0.05, 0.1) is 27.1 Å². The summed E-state index contributed by atoms with van der Waals surface area (Å²) in [6.07, 6.45) is 0.365. The molecule has 230 valence electrons. The quantitative estimate of drug-likeness (QED) is 0.155. The molecule has 8 heteroatoms. The lowest BCUT2D eigenvalue weighted by Crippen LogP contribution is -2.15. The maximum absolute atomic E-state index is 13.1. The lowest BCUT2D eigenvalue weighted by atomic mass is 10.0. The Bertz CT molecular complexity index is 1930. The van der Waals surface area contributed by atoms with Crippen LogP contribution >= 0.6 is 31.9 Å². The van der Waals surface area contributed by atoms with Gasteiger partial charge < -0.3 is 20.1 Å². The Morgan fingerprint density at radius 2 is 0.935 bits per heavy atom. The summed E-state index contributed by atoms with van der Waals surface area (Å²) in [5.74, 6) is 1.11. The molecule has 0 fully saturated rings. The van der Waals surface area contributed by atoms with Crippen molar-refractivity contribution in [2.45, 2.75) is 12.8 Å². The summed E-state index contributed by atoms with van der Waals surface area (Å²) >= 11 is 7.03. The predicted molar refractivity (Wildman–Crippen MR) is 193 cm³/mol. The van der Waals surface area contributed by atoms with Crippen LogP contribution in [0.3, 0.4) is 0 Å². The average molecular weight is 738 g/mol. The number of hydrogen-bond donors (Lipinski definition) is 2. The Balaban J connectivity index is 1.10. The first-order valence-electron chi connectivity index (χ1n) is 14.6. The zero-order valence-corrected chi connectivity index (χ0v) is 28.4. The number of anilines is 2. The monoisotopic (exact) mass is 736 g/mol. The molecule has 0 unspecified atom stereocenters. The largest absolute Gasteiger partial charge is 0.496 e. The molecule has 6 aromatic carbocycles. The lowest BCUT2D eigenvalue weighted by Gasteiger charge is -2.13. The van der Waals surface area contributed by atoms with Crippen LogP contribution in [-0.4, -0.2) is 26.0 Å². The zero-order valence-electron chi connectivity index (χ0n) is 25.2. The average Bonchev–Trinajstić information content (AvgIpc) is 3.05. The first-order valence-corrected chi connectivity index (χ1v) is 16.2. The van der Waals surface area contributed by atoms with Gasteiger partial charge in [-0.1, -0.05) is 80.4 Å². The smallest absolute Gasteiger partial charge is 0.228 e. The number of carbonyl (C=O) groups is 2. The number of methoxy groups -OCH3 is 2. The van der Waals surface area contributed by atoms with E-state index in [0.29, 0.717) is 22.9 Å². The molecular weight excluding hydrogens is 708 g/mol. The molecule has 0 saturated carbocycles. The molecule has 0 aromatic heterocycles. The van der Waals surface area contributed by atoms with Gasteiger partial charge in [-0.25, -0.2) is 0 Å². The third-order valence-corrected chi connectivity index (χ3v) is 8.87. The minimum absolute atomic E-state index is 0.129. The van der Waals surface area contributed by atoms with Crippen molar-refractivity contribution in [3.05, 3.63) is 129 Å². The van der Waals surface area contributed by atoms with Gasteiger partial charge in [0.2, 0.25) is 11.8 Å². The first-order chi connectivity index (χ1) is 22.3. The van der Waals surface area contributed by atoms with Crippen LogP contribution in [0.5, 0.6) is 11.5 Å². The highest BCUT2D eigenvalue weighted by Gasteiger charge is 2.15. The van der Waals surface area contributed by atoms with E-state index in [1.165, 1.54) is 0 Å². The van der Waals surface area contributed by atoms with Crippen molar-refractivity contribution in [1.29, 1.82) is 0 Å². The van der Waals surface area contributed by atoms with Gasteiger partial charge in [0.1, 0.15) is 11.5 Å². The molecule has 0 aliphatic carbocycles. The van der Waals surface area contributed by atoms with E-state index in [-0.39, 0.29) is 24.7 Å². The number of ether oxygens (including phenoxy) is 2. The van der Waals surface area contributed by atoms with Gasteiger partial charge >= 0.3 is 0 Å². The molecule has 46 heavy (non-hydrogen) atoms. The van der Waals surface area contributed by atoms with Gasteiger partial charge in [0.25, 0.3) is 0 Å². The number of halogens is 2. The van der Waals surface area contributed by atoms with Crippen molar-refractivity contribution < 1.29 is 19.1 Å². The van der Waals surface area contributed by atoms with Gasteiger partial charge in [-0.05, 0) is 93.3 Å². The van der Waals surface area contributed by atoms with Crippen LogP contribution < -0.4 is 20.1 Å². The third-order valence-electron chi connectivity index (χ3n) is 7.89. The molecule has 2 amide bonds.